The molecule has 0 bridgehead atoms. The summed E-state index contributed by atoms with van der Waals surface area (Å²) in [6.45, 7) is 0. The topological polar surface area (TPSA) is 111 Å². The van der Waals surface area contributed by atoms with Gasteiger partial charge in [-0.2, -0.15) is 0 Å². The number of halogens is 1. The van der Waals surface area contributed by atoms with Gasteiger partial charge < -0.3 is 19.9 Å². The SMILES string of the molecule is NC(=O)c1oc2ccc(F)cc2c1NC(=O)c1ccc(-c2cccnc2)o1. The number of carbonyl (C=O) groups excluding carboxylic acids is 2. The Morgan fingerprint density at radius 1 is 1.11 bits per heavy atom. The Labute approximate surface area is 151 Å². The lowest BCUT2D eigenvalue weighted by molar-refractivity contribution is 0.0977. The number of carbonyl (C=O) groups is 2. The molecule has 4 aromatic rings. The maximum absolute atomic E-state index is 13.6. The quantitative estimate of drug-likeness (QED) is 0.574. The van der Waals surface area contributed by atoms with E-state index in [0.29, 0.717) is 11.3 Å². The number of hydrogen-bond acceptors (Lipinski definition) is 5. The highest BCUT2D eigenvalue weighted by Gasteiger charge is 2.22. The molecule has 0 aliphatic heterocycles. The number of anilines is 1. The van der Waals surface area contributed by atoms with Gasteiger partial charge in [0.1, 0.15) is 22.8 Å². The largest absolute Gasteiger partial charge is 0.451 e. The smallest absolute Gasteiger partial charge is 0.291 e. The number of aromatic nitrogens is 1. The predicted octanol–water partition coefficient (Wildman–Crippen LogP) is 3.58. The van der Waals surface area contributed by atoms with Crippen LogP contribution in [0.5, 0.6) is 0 Å². The van der Waals surface area contributed by atoms with Crippen LogP contribution in [0.2, 0.25) is 0 Å². The van der Waals surface area contributed by atoms with E-state index in [0.717, 1.165) is 6.07 Å². The first-order valence-corrected chi connectivity index (χ1v) is 7.86. The van der Waals surface area contributed by atoms with Gasteiger partial charge in [-0.1, -0.05) is 0 Å². The normalized spacial score (nSPS) is 10.9. The zero-order valence-corrected chi connectivity index (χ0v) is 13.7. The fourth-order valence-electron chi connectivity index (χ4n) is 2.67. The van der Waals surface area contributed by atoms with Crippen molar-refractivity contribution in [3.8, 4) is 11.3 Å². The van der Waals surface area contributed by atoms with Gasteiger partial charge in [-0.25, -0.2) is 4.39 Å². The number of benzene rings is 1. The van der Waals surface area contributed by atoms with Gasteiger partial charge in [0.15, 0.2) is 5.76 Å². The molecule has 0 fully saturated rings. The molecular weight excluding hydrogens is 353 g/mol. The first kappa shape index (κ1) is 16.5. The van der Waals surface area contributed by atoms with Gasteiger partial charge in [-0.05, 0) is 42.5 Å². The summed E-state index contributed by atoms with van der Waals surface area (Å²) in [6, 6.07) is 10.3. The standard InChI is InChI=1S/C19H12FN3O4/c20-11-3-4-14-12(8-11)16(17(27-14)18(21)24)23-19(25)15-6-5-13(26-15)10-2-1-7-22-9-10/h1-9H,(H2,21,24)(H,23,25). The Bertz CT molecular complexity index is 1160. The van der Waals surface area contributed by atoms with Gasteiger partial charge in [0.05, 0.1) is 0 Å². The number of primary amides is 1. The molecule has 7 nitrogen and oxygen atoms in total. The van der Waals surface area contributed by atoms with Crippen molar-refractivity contribution in [2.24, 2.45) is 5.73 Å². The van der Waals surface area contributed by atoms with Crippen molar-refractivity contribution < 1.29 is 22.8 Å². The Kier molecular flexibility index (Phi) is 3.92. The lowest BCUT2D eigenvalue weighted by Gasteiger charge is -2.03. The summed E-state index contributed by atoms with van der Waals surface area (Å²) in [7, 11) is 0. The summed E-state index contributed by atoms with van der Waals surface area (Å²) in [5, 5.41) is 2.73. The van der Waals surface area contributed by atoms with E-state index in [1.54, 1.807) is 30.6 Å². The van der Waals surface area contributed by atoms with E-state index in [-0.39, 0.29) is 28.2 Å². The second-order valence-corrected chi connectivity index (χ2v) is 5.67. The molecule has 3 N–H and O–H groups in total. The summed E-state index contributed by atoms with van der Waals surface area (Å²) in [5.74, 6) is -1.91. The van der Waals surface area contributed by atoms with Crippen LogP contribution in [0.15, 0.2) is 63.7 Å². The Morgan fingerprint density at radius 2 is 1.96 bits per heavy atom. The molecule has 2 amide bonds. The van der Waals surface area contributed by atoms with Crippen molar-refractivity contribution in [2.45, 2.75) is 0 Å². The Balaban J connectivity index is 1.69. The first-order chi connectivity index (χ1) is 13.0. The number of nitrogens with two attached hydrogens (primary N) is 1. The summed E-state index contributed by atoms with van der Waals surface area (Å²) < 4.78 is 24.5. The first-order valence-electron chi connectivity index (χ1n) is 7.86. The van der Waals surface area contributed by atoms with E-state index in [9.17, 15) is 14.0 Å². The number of amides is 2. The van der Waals surface area contributed by atoms with E-state index in [4.69, 9.17) is 14.6 Å². The van der Waals surface area contributed by atoms with Gasteiger partial charge in [0.25, 0.3) is 11.8 Å². The van der Waals surface area contributed by atoms with Crippen LogP contribution in [-0.2, 0) is 0 Å². The van der Waals surface area contributed by atoms with Crippen LogP contribution in [0, 0.1) is 5.82 Å². The van der Waals surface area contributed by atoms with Crippen LogP contribution in [0.4, 0.5) is 10.1 Å². The fourth-order valence-corrected chi connectivity index (χ4v) is 2.67. The maximum atomic E-state index is 13.6. The fraction of sp³-hybridized carbons (Fsp3) is 0. The third kappa shape index (κ3) is 3.04. The van der Waals surface area contributed by atoms with Crippen molar-refractivity contribution in [3.05, 3.63) is 72.2 Å². The molecule has 4 rings (SSSR count). The maximum Gasteiger partial charge on any atom is 0.291 e. The van der Waals surface area contributed by atoms with Crippen molar-refractivity contribution in [3.63, 3.8) is 0 Å². The molecule has 0 radical (unpaired) electrons. The van der Waals surface area contributed by atoms with Gasteiger partial charge in [-0.15, -0.1) is 0 Å². The van der Waals surface area contributed by atoms with Crippen LogP contribution in [0.3, 0.4) is 0 Å². The lowest BCUT2D eigenvalue weighted by Crippen LogP contribution is -2.16. The average Bonchev–Trinajstić information content (AvgIpc) is 3.28. The van der Waals surface area contributed by atoms with Gasteiger partial charge in [0.2, 0.25) is 5.76 Å². The van der Waals surface area contributed by atoms with Gasteiger partial charge >= 0.3 is 0 Å². The predicted molar refractivity (Wildman–Crippen MR) is 94.6 cm³/mol. The number of rotatable bonds is 4. The second kappa shape index (κ2) is 6.41. The third-order valence-corrected chi connectivity index (χ3v) is 3.89. The Morgan fingerprint density at radius 3 is 2.70 bits per heavy atom. The number of nitrogens with one attached hydrogen (secondary N) is 1. The van der Waals surface area contributed by atoms with Gasteiger partial charge in [-0.3, -0.25) is 14.6 Å². The van der Waals surface area contributed by atoms with E-state index in [2.05, 4.69) is 10.3 Å². The highest BCUT2D eigenvalue weighted by Crippen LogP contribution is 2.32. The molecule has 1 aromatic carbocycles. The van der Waals surface area contributed by atoms with Crippen LogP contribution in [0.1, 0.15) is 21.1 Å². The molecule has 0 aliphatic rings. The van der Waals surface area contributed by atoms with E-state index in [1.807, 2.05) is 0 Å². The summed E-state index contributed by atoms with van der Waals surface area (Å²) in [5.41, 5.74) is 6.21. The van der Waals surface area contributed by atoms with Crippen LogP contribution < -0.4 is 11.1 Å². The number of hydrogen-bond donors (Lipinski definition) is 2. The molecule has 27 heavy (non-hydrogen) atoms. The third-order valence-electron chi connectivity index (χ3n) is 3.89. The summed E-state index contributed by atoms with van der Waals surface area (Å²) >= 11 is 0. The van der Waals surface area contributed by atoms with Crippen LogP contribution in [-0.4, -0.2) is 16.8 Å². The molecule has 0 unspecified atom stereocenters. The molecular formula is C19H12FN3O4. The van der Waals surface area contributed by atoms with Crippen LogP contribution in [0.25, 0.3) is 22.3 Å². The zero-order chi connectivity index (χ0) is 19.0. The molecule has 0 saturated heterocycles. The summed E-state index contributed by atoms with van der Waals surface area (Å²) in [4.78, 5) is 28.2. The minimum absolute atomic E-state index is 0.00461. The second-order valence-electron chi connectivity index (χ2n) is 5.67. The highest BCUT2D eigenvalue weighted by molar-refractivity contribution is 6.13. The van der Waals surface area contributed by atoms with Crippen LogP contribution >= 0.6 is 0 Å². The van der Waals surface area contributed by atoms with Gasteiger partial charge in [0, 0.05) is 23.3 Å². The molecule has 8 heteroatoms. The molecule has 0 aliphatic carbocycles. The van der Waals surface area contributed by atoms with Crippen molar-refractivity contribution in [2.75, 3.05) is 5.32 Å². The van der Waals surface area contributed by atoms with E-state index < -0.39 is 17.6 Å². The van der Waals surface area contributed by atoms with E-state index >= 15 is 0 Å². The monoisotopic (exact) mass is 365 g/mol. The van der Waals surface area contributed by atoms with Crippen molar-refractivity contribution in [1.82, 2.24) is 4.98 Å². The van der Waals surface area contributed by atoms with E-state index in [1.165, 1.54) is 18.2 Å². The lowest BCUT2D eigenvalue weighted by atomic mass is 10.2. The number of furan rings is 2. The zero-order valence-electron chi connectivity index (χ0n) is 13.7. The molecule has 134 valence electrons. The highest BCUT2D eigenvalue weighted by atomic mass is 19.1. The van der Waals surface area contributed by atoms with Crippen molar-refractivity contribution in [1.29, 1.82) is 0 Å². The molecule has 3 aromatic heterocycles. The number of pyridine rings is 1. The Hall–Kier alpha value is -3.94. The molecule has 0 saturated carbocycles. The molecule has 0 atom stereocenters. The molecule has 0 spiro atoms. The van der Waals surface area contributed by atoms with Crippen molar-refractivity contribution >= 4 is 28.5 Å². The number of nitrogens with zero attached hydrogens (tertiary/aromatic N) is 1. The minimum Gasteiger partial charge on any atom is -0.451 e. The molecule has 3 heterocycles. The minimum atomic E-state index is -0.891. The average molecular weight is 365 g/mol. The summed E-state index contributed by atoms with van der Waals surface area (Å²) in [6.07, 6.45) is 3.21. The number of fused-ring (bicyclic) bond motifs is 1.